The van der Waals surface area contributed by atoms with Gasteiger partial charge in [0.05, 0.1) is 19.2 Å². The first-order valence-corrected chi connectivity index (χ1v) is 10.4. The minimum Gasteiger partial charge on any atom is -0.481 e. The van der Waals surface area contributed by atoms with Gasteiger partial charge in [-0.1, -0.05) is 30.7 Å². The topological polar surface area (TPSA) is 72.4 Å². The molecule has 31 heavy (non-hydrogen) atoms. The van der Waals surface area contributed by atoms with Crippen molar-refractivity contribution < 1.29 is 24.0 Å². The van der Waals surface area contributed by atoms with Gasteiger partial charge in [0.1, 0.15) is 12.7 Å². The van der Waals surface area contributed by atoms with E-state index in [4.69, 9.17) is 26.2 Å². The molecule has 0 atom stereocenters. The summed E-state index contributed by atoms with van der Waals surface area (Å²) in [7, 11) is 1.39. The van der Waals surface area contributed by atoms with Crippen LogP contribution in [0.1, 0.15) is 42.5 Å². The number of benzene rings is 2. The molecule has 0 aliphatic heterocycles. The summed E-state index contributed by atoms with van der Waals surface area (Å²) < 4.78 is 9.38. The fourth-order valence-electron chi connectivity index (χ4n) is 3.38. The molecule has 164 valence electrons. The van der Waals surface area contributed by atoms with Gasteiger partial charge in [0, 0.05) is 23.9 Å². The first kappa shape index (κ1) is 24.2. The highest BCUT2D eigenvalue weighted by atomic mass is 35.5. The van der Waals surface area contributed by atoms with Crippen molar-refractivity contribution >= 4 is 23.5 Å². The Morgan fingerprint density at radius 1 is 1.06 bits per heavy atom. The van der Waals surface area contributed by atoms with Crippen molar-refractivity contribution in [3.63, 3.8) is 0 Å². The summed E-state index contributed by atoms with van der Waals surface area (Å²) in [4.78, 5) is 20.6. The third-order valence-corrected chi connectivity index (χ3v) is 4.96. The van der Waals surface area contributed by atoms with Crippen LogP contribution < -0.4 is 4.57 Å². The largest absolute Gasteiger partial charge is 0.481 e. The zero-order valence-corrected chi connectivity index (χ0v) is 19.0. The van der Waals surface area contributed by atoms with Crippen LogP contribution in [0.2, 0.25) is 5.02 Å². The lowest BCUT2D eigenvalue weighted by Gasteiger charge is -2.04. The smallest absolute Gasteiger partial charge is 0.337 e. The Kier molecular flexibility index (Phi) is 8.82. The lowest BCUT2D eigenvalue weighted by atomic mass is 10.1. The Balaban J connectivity index is 0.000000785. The predicted octanol–water partition coefficient (Wildman–Crippen LogP) is 4.60. The van der Waals surface area contributed by atoms with Crippen molar-refractivity contribution in [2.24, 2.45) is 0 Å². The third kappa shape index (κ3) is 6.43. The number of carboxylic acid groups (broad SMARTS) is 1. The molecule has 2 aromatic carbocycles. The molecule has 1 heterocycles. The fraction of sp³-hybridized carbons (Fsp3) is 0.292. The average Bonchev–Trinajstić information content (AvgIpc) is 3.11. The molecule has 0 saturated heterocycles. The Bertz CT molecular complexity index is 1020. The molecule has 1 N–H and O–H groups in total. The molecule has 0 saturated carbocycles. The molecule has 7 heteroatoms. The zero-order chi connectivity index (χ0) is 23.0. The maximum Gasteiger partial charge on any atom is 0.337 e. The number of methoxy groups -OCH3 is 1. The summed E-state index contributed by atoms with van der Waals surface area (Å²) in [5, 5.41) is 8.16. The van der Waals surface area contributed by atoms with Gasteiger partial charge in [-0.3, -0.25) is 4.79 Å². The van der Waals surface area contributed by atoms with Crippen LogP contribution in [0, 0.1) is 0 Å². The molecule has 6 nitrogen and oxygen atoms in total. The number of rotatable bonds is 6. The summed E-state index contributed by atoms with van der Waals surface area (Å²) in [5.41, 5.74) is 4.03. The van der Waals surface area contributed by atoms with E-state index in [9.17, 15) is 4.79 Å². The van der Waals surface area contributed by atoms with Gasteiger partial charge in [0.2, 0.25) is 0 Å². The van der Waals surface area contributed by atoms with E-state index in [0.29, 0.717) is 5.56 Å². The first-order valence-electron chi connectivity index (χ1n) is 10.0. The highest BCUT2D eigenvalue weighted by Crippen LogP contribution is 2.23. The van der Waals surface area contributed by atoms with E-state index in [0.717, 1.165) is 42.6 Å². The van der Waals surface area contributed by atoms with Crippen LogP contribution in [0.5, 0.6) is 0 Å². The number of nitrogens with zero attached hydrogens (tertiary/aromatic N) is 2. The molecule has 0 radical (unpaired) electrons. The highest BCUT2D eigenvalue weighted by Gasteiger charge is 2.22. The third-order valence-electron chi connectivity index (χ3n) is 4.71. The number of carbonyl (C=O) groups excluding carboxylic acids is 1. The minimum atomic E-state index is -0.833. The Morgan fingerprint density at radius 3 is 2.13 bits per heavy atom. The van der Waals surface area contributed by atoms with Gasteiger partial charge in [0.25, 0.3) is 11.8 Å². The summed E-state index contributed by atoms with van der Waals surface area (Å²) in [5.74, 6) is 0.116. The number of halogens is 1. The van der Waals surface area contributed by atoms with Crippen molar-refractivity contribution in [1.82, 2.24) is 4.57 Å². The molecule has 0 bridgehead atoms. The number of imidazole rings is 1. The van der Waals surface area contributed by atoms with Gasteiger partial charge in [0.15, 0.2) is 5.69 Å². The number of carboxylic acids is 1. The quantitative estimate of drug-likeness (QED) is 0.446. The number of ether oxygens (including phenoxy) is 1. The second-order valence-electron chi connectivity index (χ2n) is 6.87. The normalized spacial score (nSPS) is 10.2. The van der Waals surface area contributed by atoms with Crippen LogP contribution in [0.15, 0.2) is 54.7 Å². The average molecular weight is 444 g/mol. The maximum absolute atomic E-state index is 11.6. The van der Waals surface area contributed by atoms with Crippen molar-refractivity contribution in [3.8, 4) is 11.3 Å². The van der Waals surface area contributed by atoms with Gasteiger partial charge in [-0.2, -0.15) is 0 Å². The standard InChI is InChI=1S/C22H24ClN2O2.C2H4O2/c1-4-21-24(14-16-6-8-18(9-7-16)22(26)27-3)15-20(25(21)5-2)17-10-12-19(23)13-11-17;1-2(3)4/h6-13,15H,4-5,14H2,1-3H3;1H3,(H,3,4)/q+1;. The summed E-state index contributed by atoms with van der Waals surface area (Å²) in [6.07, 6.45) is 3.13. The van der Waals surface area contributed by atoms with Crippen molar-refractivity contribution in [2.75, 3.05) is 7.11 Å². The van der Waals surface area contributed by atoms with Crippen molar-refractivity contribution in [2.45, 2.75) is 40.3 Å². The molecular weight excluding hydrogens is 416 g/mol. The monoisotopic (exact) mass is 443 g/mol. The molecule has 0 aliphatic carbocycles. The van der Waals surface area contributed by atoms with E-state index < -0.39 is 5.97 Å². The highest BCUT2D eigenvalue weighted by molar-refractivity contribution is 6.30. The van der Waals surface area contributed by atoms with E-state index in [-0.39, 0.29) is 5.97 Å². The second-order valence-corrected chi connectivity index (χ2v) is 7.31. The van der Waals surface area contributed by atoms with Crippen LogP contribution in [0.4, 0.5) is 0 Å². The molecule has 1 aromatic heterocycles. The molecule has 0 amide bonds. The minimum absolute atomic E-state index is 0.314. The number of aromatic nitrogens is 2. The second kappa shape index (κ2) is 11.3. The molecule has 0 spiro atoms. The van der Waals surface area contributed by atoms with E-state index in [2.05, 4.69) is 41.3 Å². The molecule has 0 fully saturated rings. The van der Waals surface area contributed by atoms with E-state index in [1.165, 1.54) is 18.6 Å². The summed E-state index contributed by atoms with van der Waals surface area (Å²) in [6.45, 7) is 7.06. The maximum atomic E-state index is 11.6. The Hall–Kier alpha value is -3.12. The van der Waals surface area contributed by atoms with E-state index in [1.807, 2.05) is 36.4 Å². The van der Waals surface area contributed by atoms with Crippen molar-refractivity contribution in [1.29, 1.82) is 0 Å². The van der Waals surface area contributed by atoms with Crippen LogP contribution in [0.25, 0.3) is 11.3 Å². The van der Waals surface area contributed by atoms with Crippen LogP contribution in [0.3, 0.4) is 0 Å². The molecule has 0 aliphatic rings. The van der Waals surface area contributed by atoms with Gasteiger partial charge >= 0.3 is 5.97 Å². The number of aliphatic carboxylic acids is 1. The summed E-state index contributed by atoms with van der Waals surface area (Å²) >= 11 is 6.04. The summed E-state index contributed by atoms with van der Waals surface area (Å²) in [6, 6.07) is 15.5. The fourth-order valence-corrected chi connectivity index (χ4v) is 3.51. The molecule has 0 unspecified atom stereocenters. The number of hydrogen-bond acceptors (Lipinski definition) is 3. The van der Waals surface area contributed by atoms with Crippen molar-refractivity contribution in [3.05, 3.63) is 76.7 Å². The van der Waals surface area contributed by atoms with E-state index >= 15 is 0 Å². The Labute approximate surface area is 187 Å². The van der Waals surface area contributed by atoms with E-state index in [1.54, 1.807) is 0 Å². The SMILES string of the molecule is CC(=O)O.CCc1n(CC)c(-c2ccc(Cl)cc2)c[n+]1Cc1ccc(C(=O)OC)cc1. The van der Waals surface area contributed by atoms with Gasteiger partial charge < -0.3 is 9.84 Å². The van der Waals surface area contributed by atoms with Gasteiger partial charge in [-0.15, -0.1) is 0 Å². The molecule has 3 aromatic rings. The van der Waals surface area contributed by atoms with Gasteiger partial charge in [-0.05, 0) is 48.9 Å². The first-order chi connectivity index (χ1) is 14.8. The number of hydrogen-bond donors (Lipinski definition) is 1. The lowest BCUT2D eigenvalue weighted by molar-refractivity contribution is -0.695. The zero-order valence-electron chi connectivity index (χ0n) is 18.3. The molecule has 3 rings (SSSR count). The lowest BCUT2D eigenvalue weighted by Crippen LogP contribution is -2.37. The number of carbonyl (C=O) groups is 2. The number of esters is 1. The van der Waals surface area contributed by atoms with Crippen LogP contribution in [-0.2, 0) is 29.0 Å². The van der Waals surface area contributed by atoms with Crippen LogP contribution >= 0.6 is 11.6 Å². The Morgan fingerprint density at radius 2 is 1.65 bits per heavy atom. The molecular formula is C24H28ClN2O4+. The predicted molar refractivity (Wildman–Crippen MR) is 120 cm³/mol. The van der Waals surface area contributed by atoms with Crippen LogP contribution in [-0.4, -0.2) is 28.7 Å². The van der Waals surface area contributed by atoms with Gasteiger partial charge in [-0.25, -0.2) is 13.9 Å².